The Bertz CT molecular complexity index is 828. The molecule has 2 aromatic heterocycles. The zero-order valence-electron chi connectivity index (χ0n) is 15.3. The van der Waals surface area contributed by atoms with Crippen LogP contribution < -0.4 is 9.64 Å². The molecule has 0 bridgehead atoms. The molecule has 6 nitrogen and oxygen atoms in total. The first-order valence-electron chi connectivity index (χ1n) is 8.38. The molecule has 0 aliphatic carbocycles. The molecule has 3 rings (SSSR count). The van der Waals surface area contributed by atoms with E-state index in [2.05, 4.69) is 32.4 Å². The van der Waals surface area contributed by atoms with Crippen LogP contribution in [-0.4, -0.2) is 57.6 Å². The van der Waals surface area contributed by atoms with E-state index in [9.17, 15) is 0 Å². The van der Waals surface area contributed by atoms with Crippen molar-refractivity contribution in [1.82, 2.24) is 9.97 Å². The quantitative estimate of drug-likeness (QED) is 0.572. The normalized spacial score (nSPS) is 11.0. The first-order chi connectivity index (χ1) is 12.8. The molecule has 0 N–H and O–H groups in total. The molecule has 0 fully saturated rings. The Labute approximate surface area is 157 Å². The van der Waals surface area contributed by atoms with Gasteiger partial charge in [0.2, 0.25) is 0 Å². The van der Waals surface area contributed by atoms with Gasteiger partial charge < -0.3 is 19.1 Å². The Morgan fingerprint density at radius 3 is 2.27 bits per heavy atom. The van der Waals surface area contributed by atoms with Crippen molar-refractivity contribution in [2.45, 2.75) is 0 Å². The van der Waals surface area contributed by atoms with Crippen LogP contribution in [0.15, 0.2) is 36.0 Å². The van der Waals surface area contributed by atoms with Gasteiger partial charge in [-0.05, 0) is 17.7 Å². The van der Waals surface area contributed by atoms with E-state index in [0.717, 1.165) is 46.0 Å². The topological polar surface area (TPSA) is 56.7 Å². The van der Waals surface area contributed by atoms with Crippen molar-refractivity contribution >= 4 is 27.4 Å². The van der Waals surface area contributed by atoms with E-state index in [-0.39, 0.29) is 0 Å². The number of methoxy groups -OCH3 is 3. The van der Waals surface area contributed by atoms with E-state index in [4.69, 9.17) is 14.2 Å². The summed E-state index contributed by atoms with van der Waals surface area (Å²) in [4.78, 5) is 12.2. The highest BCUT2D eigenvalue weighted by Crippen LogP contribution is 2.38. The van der Waals surface area contributed by atoms with E-state index in [1.54, 1.807) is 39.0 Å². The summed E-state index contributed by atoms with van der Waals surface area (Å²) >= 11 is 1.63. The molecule has 0 aliphatic heterocycles. The number of ether oxygens (including phenoxy) is 3. The van der Waals surface area contributed by atoms with E-state index in [0.29, 0.717) is 13.2 Å². The van der Waals surface area contributed by atoms with Gasteiger partial charge in [-0.15, -0.1) is 11.3 Å². The lowest BCUT2D eigenvalue weighted by atomic mass is 10.1. The first-order valence-corrected chi connectivity index (χ1v) is 9.26. The van der Waals surface area contributed by atoms with Crippen LogP contribution in [0.5, 0.6) is 5.75 Å². The number of aromatic nitrogens is 2. The summed E-state index contributed by atoms with van der Waals surface area (Å²) in [7, 11) is 5.08. The molecular formula is C19H23N3O3S. The van der Waals surface area contributed by atoms with Crippen molar-refractivity contribution in [1.29, 1.82) is 0 Å². The molecule has 2 heterocycles. The van der Waals surface area contributed by atoms with E-state index < -0.39 is 0 Å². The lowest BCUT2D eigenvalue weighted by Crippen LogP contribution is -2.31. The van der Waals surface area contributed by atoms with Crippen LogP contribution in [0.4, 0.5) is 5.82 Å². The van der Waals surface area contributed by atoms with Crippen LogP contribution in [0.2, 0.25) is 0 Å². The molecule has 0 aliphatic rings. The molecule has 0 spiro atoms. The van der Waals surface area contributed by atoms with Crippen molar-refractivity contribution in [2.75, 3.05) is 52.5 Å². The van der Waals surface area contributed by atoms with Crippen LogP contribution in [0, 0.1) is 0 Å². The minimum Gasteiger partial charge on any atom is -0.497 e. The number of fused-ring (bicyclic) bond motifs is 1. The Morgan fingerprint density at radius 1 is 0.962 bits per heavy atom. The molecule has 3 aromatic rings. The number of anilines is 1. The van der Waals surface area contributed by atoms with E-state index in [1.165, 1.54) is 0 Å². The zero-order valence-corrected chi connectivity index (χ0v) is 16.1. The second kappa shape index (κ2) is 8.93. The fourth-order valence-corrected chi connectivity index (χ4v) is 3.72. The minimum absolute atomic E-state index is 0.622. The summed E-state index contributed by atoms with van der Waals surface area (Å²) in [5.74, 6) is 1.75. The summed E-state index contributed by atoms with van der Waals surface area (Å²) in [6, 6.07) is 8.06. The smallest absolute Gasteiger partial charge is 0.141 e. The maximum atomic E-state index is 5.27. The van der Waals surface area contributed by atoms with Gasteiger partial charge in [-0.1, -0.05) is 12.1 Å². The number of hydrogen-bond donors (Lipinski definition) is 0. The van der Waals surface area contributed by atoms with Crippen molar-refractivity contribution in [3.05, 3.63) is 36.0 Å². The van der Waals surface area contributed by atoms with Gasteiger partial charge >= 0.3 is 0 Å². The molecular weight excluding hydrogens is 350 g/mol. The maximum Gasteiger partial charge on any atom is 0.141 e. The summed E-state index contributed by atoms with van der Waals surface area (Å²) in [6.07, 6.45) is 1.62. The van der Waals surface area contributed by atoms with Gasteiger partial charge in [0.25, 0.3) is 0 Å². The molecule has 26 heavy (non-hydrogen) atoms. The van der Waals surface area contributed by atoms with Crippen molar-refractivity contribution in [3.8, 4) is 16.9 Å². The minimum atomic E-state index is 0.622. The lowest BCUT2D eigenvalue weighted by Gasteiger charge is -2.24. The van der Waals surface area contributed by atoms with Crippen molar-refractivity contribution in [2.24, 2.45) is 0 Å². The molecule has 0 atom stereocenters. The number of nitrogens with zero attached hydrogens (tertiary/aromatic N) is 3. The highest BCUT2D eigenvalue weighted by molar-refractivity contribution is 7.17. The number of benzene rings is 1. The third kappa shape index (κ3) is 3.95. The number of hydrogen-bond acceptors (Lipinski definition) is 7. The lowest BCUT2D eigenvalue weighted by molar-refractivity contribution is 0.190. The Morgan fingerprint density at radius 2 is 1.65 bits per heavy atom. The highest BCUT2D eigenvalue weighted by Gasteiger charge is 2.18. The fourth-order valence-electron chi connectivity index (χ4n) is 2.81. The summed E-state index contributed by atoms with van der Waals surface area (Å²) in [5.41, 5.74) is 2.25. The predicted molar refractivity (Wildman–Crippen MR) is 105 cm³/mol. The van der Waals surface area contributed by atoms with Gasteiger partial charge in [-0.25, -0.2) is 9.97 Å². The van der Waals surface area contributed by atoms with Gasteiger partial charge in [-0.2, -0.15) is 0 Å². The van der Waals surface area contributed by atoms with Crippen LogP contribution in [0.25, 0.3) is 21.3 Å². The highest BCUT2D eigenvalue weighted by atomic mass is 32.1. The first kappa shape index (κ1) is 18.6. The SMILES string of the molecule is COCCN(CCOC)c1ncnc2scc(-c3ccc(OC)cc3)c12. The largest absolute Gasteiger partial charge is 0.497 e. The average molecular weight is 373 g/mol. The van der Waals surface area contributed by atoms with Crippen LogP contribution in [0.1, 0.15) is 0 Å². The zero-order chi connectivity index (χ0) is 18.4. The van der Waals surface area contributed by atoms with Crippen LogP contribution in [0.3, 0.4) is 0 Å². The van der Waals surface area contributed by atoms with Crippen molar-refractivity contribution in [3.63, 3.8) is 0 Å². The predicted octanol–water partition coefficient (Wildman–Crippen LogP) is 3.47. The molecule has 0 saturated carbocycles. The van der Waals surface area contributed by atoms with E-state index in [1.807, 2.05) is 12.1 Å². The van der Waals surface area contributed by atoms with Gasteiger partial charge in [-0.3, -0.25) is 0 Å². The summed E-state index contributed by atoms with van der Waals surface area (Å²) < 4.78 is 15.8. The molecule has 0 saturated heterocycles. The van der Waals surface area contributed by atoms with Crippen LogP contribution >= 0.6 is 11.3 Å². The number of rotatable bonds is 9. The summed E-state index contributed by atoms with van der Waals surface area (Å²) in [5, 5.41) is 3.20. The third-order valence-electron chi connectivity index (χ3n) is 4.18. The average Bonchev–Trinajstić information content (AvgIpc) is 3.13. The fraction of sp³-hybridized carbons (Fsp3) is 0.368. The van der Waals surface area contributed by atoms with Gasteiger partial charge in [0, 0.05) is 38.3 Å². The second-order valence-electron chi connectivity index (χ2n) is 5.73. The third-order valence-corrected chi connectivity index (χ3v) is 5.07. The van der Waals surface area contributed by atoms with Gasteiger partial charge in [0.05, 0.1) is 25.7 Å². The molecule has 7 heteroatoms. The Balaban J connectivity index is 2.05. The maximum absolute atomic E-state index is 5.27. The second-order valence-corrected chi connectivity index (χ2v) is 6.59. The van der Waals surface area contributed by atoms with Crippen LogP contribution in [-0.2, 0) is 9.47 Å². The molecule has 1 aromatic carbocycles. The molecule has 0 radical (unpaired) electrons. The van der Waals surface area contributed by atoms with Crippen molar-refractivity contribution < 1.29 is 14.2 Å². The Kier molecular flexibility index (Phi) is 6.38. The summed E-state index contributed by atoms with van der Waals surface area (Å²) in [6.45, 7) is 2.72. The molecule has 138 valence electrons. The van der Waals surface area contributed by atoms with Gasteiger partial charge in [0.1, 0.15) is 22.7 Å². The van der Waals surface area contributed by atoms with E-state index >= 15 is 0 Å². The molecule has 0 unspecified atom stereocenters. The Hall–Kier alpha value is -2.22. The standard InChI is InChI=1S/C19H23N3O3S/c1-23-10-8-22(9-11-24-2)18-17-16(12-26-19(17)21-13-20-18)14-4-6-15(25-3)7-5-14/h4-7,12-13H,8-11H2,1-3H3. The molecule has 0 amide bonds. The monoisotopic (exact) mass is 373 g/mol. The number of thiophene rings is 1. The van der Waals surface area contributed by atoms with Gasteiger partial charge in [0.15, 0.2) is 0 Å².